The summed E-state index contributed by atoms with van der Waals surface area (Å²) in [6.07, 6.45) is 5.38. The molecule has 1 aliphatic carbocycles. The Morgan fingerprint density at radius 3 is 2.50 bits per heavy atom. The predicted molar refractivity (Wildman–Crippen MR) is 87.3 cm³/mol. The highest BCUT2D eigenvalue weighted by molar-refractivity contribution is 5.85. The van der Waals surface area contributed by atoms with Crippen molar-refractivity contribution in [3.8, 4) is 0 Å². The molecule has 112 valence electrons. The lowest BCUT2D eigenvalue weighted by molar-refractivity contribution is 0.154. The maximum Gasteiger partial charge on any atom is 0.0233 e. The monoisotopic (exact) mass is 294 g/mol. The Kier molecular flexibility index (Phi) is 5.48. The van der Waals surface area contributed by atoms with Gasteiger partial charge in [-0.1, -0.05) is 24.3 Å². The zero-order valence-corrected chi connectivity index (χ0v) is 13.2. The van der Waals surface area contributed by atoms with Crippen LogP contribution in [-0.4, -0.2) is 24.0 Å². The second-order valence-corrected chi connectivity index (χ2v) is 6.51. The summed E-state index contributed by atoms with van der Waals surface area (Å²) in [6.45, 7) is 5.64. The summed E-state index contributed by atoms with van der Waals surface area (Å²) in [5, 5.41) is 0. The Morgan fingerprint density at radius 2 is 1.90 bits per heavy atom. The number of hydrogen-bond donors (Lipinski definition) is 1. The number of likely N-dealkylation sites (tertiary alicyclic amines) is 1. The number of piperidine rings is 1. The molecule has 0 radical (unpaired) electrons. The van der Waals surface area contributed by atoms with E-state index in [1.807, 2.05) is 0 Å². The van der Waals surface area contributed by atoms with E-state index in [0.29, 0.717) is 12.0 Å². The van der Waals surface area contributed by atoms with Gasteiger partial charge in [0.05, 0.1) is 0 Å². The van der Waals surface area contributed by atoms with Gasteiger partial charge in [-0.3, -0.25) is 4.90 Å². The summed E-state index contributed by atoms with van der Waals surface area (Å²) in [5.41, 5.74) is 9.05. The fraction of sp³-hybridized carbons (Fsp3) is 0.647. The fourth-order valence-electron chi connectivity index (χ4n) is 3.23. The minimum Gasteiger partial charge on any atom is -0.328 e. The third kappa shape index (κ3) is 3.97. The van der Waals surface area contributed by atoms with Crippen LogP contribution in [0.2, 0.25) is 0 Å². The van der Waals surface area contributed by atoms with Crippen LogP contribution in [0.1, 0.15) is 49.7 Å². The number of nitrogens with two attached hydrogens (primary N) is 1. The van der Waals surface area contributed by atoms with Crippen molar-refractivity contribution in [1.82, 2.24) is 4.90 Å². The first-order valence-electron chi connectivity index (χ1n) is 7.79. The number of nitrogens with zero attached hydrogens (tertiary/aromatic N) is 1. The van der Waals surface area contributed by atoms with Crippen molar-refractivity contribution in [1.29, 1.82) is 0 Å². The third-order valence-electron chi connectivity index (χ3n) is 4.72. The molecule has 1 aliphatic heterocycles. The first kappa shape index (κ1) is 15.8. The second kappa shape index (κ2) is 6.93. The largest absolute Gasteiger partial charge is 0.328 e. The summed E-state index contributed by atoms with van der Waals surface area (Å²) in [7, 11) is 0. The van der Waals surface area contributed by atoms with E-state index in [-0.39, 0.29) is 12.4 Å². The van der Waals surface area contributed by atoms with E-state index in [1.54, 1.807) is 0 Å². The Bertz CT molecular complexity index is 412. The summed E-state index contributed by atoms with van der Waals surface area (Å²) < 4.78 is 0. The molecule has 0 amide bonds. The molecule has 1 aromatic rings. The van der Waals surface area contributed by atoms with Gasteiger partial charge in [-0.15, -0.1) is 12.4 Å². The molecule has 2 fully saturated rings. The molecule has 0 aromatic heterocycles. The molecule has 2 nitrogen and oxygen atoms in total. The molecular weight excluding hydrogens is 268 g/mol. The van der Waals surface area contributed by atoms with Crippen molar-refractivity contribution in [3.05, 3.63) is 35.4 Å². The molecule has 20 heavy (non-hydrogen) atoms. The maximum atomic E-state index is 6.06. The summed E-state index contributed by atoms with van der Waals surface area (Å²) >= 11 is 0. The van der Waals surface area contributed by atoms with Crippen LogP contribution >= 0.6 is 12.4 Å². The fourth-order valence-corrected chi connectivity index (χ4v) is 3.23. The Labute approximate surface area is 129 Å². The van der Waals surface area contributed by atoms with Gasteiger partial charge in [-0.2, -0.15) is 0 Å². The number of benzene rings is 1. The van der Waals surface area contributed by atoms with Crippen molar-refractivity contribution in [2.45, 2.75) is 51.1 Å². The maximum absolute atomic E-state index is 6.06. The zero-order chi connectivity index (χ0) is 13.2. The summed E-state index contributed by atoms with van der Waals surface area (Å²) in [5.74, 6) is 1.55. The van der Waals surface area contributed by atoms with Gasteiger partial charge in [0.1, 0.15) is 0 Å². The van der Waals surface area contributed by atoms with Crippen LogP contribution < -0.4 is 5.73 Å². The van der Waals surface area contributed by atoms with E-state index in [0.717, 1.165) is 12.5 Å². The molecule has 1 aromatic carbocycles. The number of halogens is 1. The number of hydrogen-bond acceptors (Lipinski definition) is 2. The highest BCUT2D eigenvalue weighted by Crippen LogP contribution is 2.39. The molecule has 1 heterocycles. The summed E-state index contributed by atoms with van der Waals surface area (Å²) in [6, 6.07) is 9.65. The van der Waals surface area contributed by atoms with Crippen molar-refractivity contribution in [3.63, 3.8) is 0 Å². The Morgan fingerprint density at radius 1 is 1.20 bits per heavy atom. The quantitative estimate of drug-likeness (QED) is 0.920. The Hall–Kier alpha value is -0.570. The molecule has 2 atom stereocenters. The smallest absolute Gasteiger partial charge is 0.0233 e. The van der Waals surface area contributed by atoms with Crippen molar-refractivity contribution in [2.75, 3.05) is 13.1 Å². The van der Waals surface area contributed by atoms with Gasteiger partial charge in [-0.25, -0.2) is 0 Å². The average molecular weight is 295 g/mol. The molecule has 0 spiro atoms. The van der Waals surface area contributed by atoms with Crippen LogP contribution in [0, 0.1) is 5.92 Å². The van der Waals surface area contributed by atoms with Crippen molar-refractivity contribution >= 4 is 12.4 Å². The van der Waals surface area contributed by atoms with Crippen LogP contribution in [0.4, 0.5) is 0 Å². The van der Waals surface area contributed by atoms with Crippen LogP contribution in [0.25, 0.3) is 0 Å². The standard InChI is InChI=1S/C17H26N2.ClH/c1-13(18)17-3-2-10-19(12-17)11-14-4-6-15(7-5-14)16-8-9-16;/h4-7,13,16-17H,2-3,8-12,18H2,1H3;1H. The molecule has 3 heteroatoms. The average Bonchev–Trinajstić information content (AvgIpc) is 3.24. The normalized spacial score (nSPS) is 25.0. The van der Waals surface area contributed by atoms with Crippen molar-refractivity contribution in [2.24, 2.45) is 11.7 Å². The first-order valence-corrected chi connectivity index (χ1v) is 7.79. The highest BCUT2D eigenvalue weighted by Gasteiger charge is 2.24. The molecule has 0 bridgehead atoms. The van der Waals surface area contributed by atoms with Crippen LogP contribution in [0.15, 0.2) is 24.3 Å². The van der Waals surface area contributed by atoms with Crippen LogP contribution in [-0.2, 0) is 6.54 Å². The van der Waals surface area contributed by atoms with Gasteiger partial charge in [0.15, 0.2) is 0 Å². The Balaban J connectivity index is 0.00000147. The minimum absolute atomic E-state index is 0. The third-order valence-corrected chi connectivity index (χ3v) is 4.72. The lowest BCUT2D eigenvalue weighted by Gasteiger charge is -2.34. The van der Waals surface area contributed by atoms with Gasteiger partial charge in [0, 0.05) is 19.1 Å². The van der Waals surface area contributed by atoms with Gasteiger partial charge >= 0.3 is 0 Å². The molecular formula is C17H27ClN2. The topological polar surface area (TPSA) is 29.3 Å². The van der Waals surface area contributed by atoms with Gasteiger partial charge < -0.3 is 5.73 Å². The highest BCUT2D eigenvalue weighted by atomic mass is 35.5. The van der Waals surface area contributed by atoms with Crippen LogP contribution in [0.3, 0.4) is 0 Å². The lowest BCUT2D eigenvalue weighted by atomic mass is 9.92. The van der Waals surface area contributed by atoms with Gasteiger partial charge in [0.25, 0.3) is 0 Å². The lowest BCUT2D eigenvalue weighted by Crippen LogP contribution is -2.41. The van der Waals surface area contributed by atoms with Gasteiger partial charge in [-0.05, 0) is 62.1 Å². The van der Waals surface area contributed by atoms with E-state index in [4.69, 9.17) is 5.73 Å². The molecule has 3 rings (SSSR count). The van der Waals surface area contributed by atoms with E-state index >= 15 is 0 Å². The van der Waals surface area contributed by atoms with E-state index < -0.39 is 0 Å². The first-order chi connectivity index (χ1) is 9.22. The SMILES string of the molecule is CC(N)C1CCCN(Cc2ccc(C3CC3)cc2)C1.Cl. The predicted octanol–water partition coefficient (Wildman–Crippen LogP) is 3.55. The van der Waals surface area contributed by atoms with E-state index in [1.165, 1.54) is 49.9 Å². The van der Waals surface area contributed by atoms with E-state index in [2.05, 4.69) is 36.1 Å². The van der Waals surface area contributed by atoms with Crippen LogP contribution in [0.5, 0.6) is 0 Å². The molecule has 1 saturated carbocycles. The van der Waals surface area contributed by atoms with E-state index in [9.17, 15) is 0 Å². The number of rotatable bonds is 4. The molecule has 1 saturated heterocycles. The minimum atomic E-state index is 0. The van der Waals surface area contributed by atoms with Gasteiger partial charge in [0.2, 0.25) is 0 Å². The molecule has 2 unspecified atom stereocenters. The molecule has 2 aliphatic rings. The summed E-state index contributed by atoms with van der Waals surface area (Å²) in [4.78, 5) is 2.57. The van der Waals surface area contributed by atoms with Crippen molar-refractivity contribution < 1.29 is 0 Å². The second-order valence-electron chi connectivity index (χ2n) is 6.51. The zero-order valence-electron chi connectivity index (χ0n) is 12.4. The molecule has 2 N–H and O–H groups in total.